The molecular formula is C23H26N2O4S. The fourth-order valence-electron chi connectivity index (χ4n) is 3.93. The van der Waals surface area contributed by atoms with Crippen LogP contribution in [0, 0.1) is 0 Å². The highest BCUT2D eigenvalue weighted by Crippen LogP contribution is 2.28. The number of rotatable bonds is 5. The van der Waals surface area contributed by atoms with Crippen molar-refractivity contribution in [3.8, 4) is 0 Å². The van der Waals surface area contributed by atoms with Gasteiger partial charge in [0.1, 0.15) is 0 Å². The molecule has 2 aromatic rings. The Kier molecular flexibility index (Phi) is 6.32. The van der Waals surface area contributed by atoms with Gasteiger partial charge in [-0.25, -0.2) is 8.42 Å². The summed E-state index contributed by atoms with van der Waals surface area (Å²) in [7, 11) is -3.51. The summed E-state index contributed by atoms with van der Waals surface area (Å²) in [6.07, 6.45) is 7.57. The molecule has 1 saturated heterocycles. The Hall–Kier alpha value is -2.48. The van der Waals surface area contributed by atoms with Crippen LogP contribution in [0.1, 0.15) is 29.5 Å². The minimum absolute atomic E-state index is 0.195. The predicted octanol–water partition coefficient (Wildman–Crippen LogP) is 3.24. The van der Waals surface area contributed by atoms with Crippen LogP contribution in [-0.4, -0.2) is 44.9 Å². The van der Waals surface area contributed by atoms with Gasteiger partial charge in [0, 0.05) is 24.9 Å². The average Bonchev–Trinajstić information content (AvgIpc) is 2.79. The Bertz CT molecular complexity index is 1040. The summed E-state index contributed by atoms with van der Waals surface area (Å²) in [5, 5.41) is 2.98. The number of aryl methyl sites for hydroxylation is 1. The van der Waals surface area contributed by atoms with Gasteiger partial charge in [-0.05, 0) is 66.6 Å². The van der Waals surface area contributed by atoms with Crippen molar-refractivity contribution in [1.82, 2.24) is 4.31 Å². The number of carbonyl (C=O) groups excluding carboxylic acids is 1. The van der Waals surface area contributed by atoms with E-state index >= 15 is 0 Å². The molecule has 0 atom stereocenters. The molecule has 2 aliphatic rings. The first-order valence-electron chi connectivity index (χ1n) is 10.3. The number of benzene rings is 2. The number of nitrogens with one attached hydrogen (secondary N) is 1. The fraction of sp³-hybridized carbons (Fsp3) is 0.348. The maximum absolute atomic E-state index is 12.7. The number of carbonyl (C=O) groups is 1. The first-order valence-corrected chi connectivity index (χ1v) is 11.8. The maximum atomic E-state index is 12.7. The molecule has 1 fully saturated rings. The van der Waals surface area contributed by atoms with E-state index in [1.165, 1.54) is 27.9 Å². The highest BCUT2D eigenvalue weighted by molar-refractivity contribution is 7.89. The number of hydrogen-bond acceptors (Lipinski definition) is 4. The van der Waals surface area contributed by atoms with Crippen LogP contribution in [0.5, 0.6) is 0 Å². The summed E-state index contributed by atoms with van der Waals surface area (Å²) in [5.41, 5.74) is 4.21. The van der Waals surface area contributed by atoms with Crippen molar-refractivity contribution in [2.24, 2.45) is 0 Å². The molecule has 6 nitrogen and oxygen atoms in total. The smallest absolute Gasteiger partial charge is 0.248 e. The second-order valence-corrected chi connectivity index (χ2v) is 9.50. The number of amides is 1. The van der Waals surface area contributed by atoms with E-state index < -0.39 is 10.0 Å². The van der Waals surface area contributed by atoms with E-state index in [-0.39, 0.29) is 10.8 Å². The normalized spacial score (nSPS) is 17.6. The summed E-state index contributed by atoms with van der Waals surface area (Å²) >= 11 is 0. The van der Waals surface area contributed by atoms with E-state index in [0.29, 0.717) is 26.3 Å². The lowest BCUT2D eigenvalue weighted by molar-refractivity contribution is -0.111. The number of nitrogens with zero attached hydrogens (tertiary/aromatic N) is 1. The van der Waals surface area contributed by atoms with Gasteiger partial charge < -0.3 is 10.1 Å². The van der Waals surface area contributed by atoms with Crippen molar-refractivity contribution in [1.29, 1.82) is 0 Å². The molecule has 1 N–H and O–H groups in total. The Morgan fingerprint density at radius 3 is 2.50 bits per heavy atom. The van der Waals surface area contributed by atoms with E-state index in [4.69, 9.17) is 4.74 Å². The molecule has 2 aromatic carbocycles. The van der Waals surface area contributed by atoms with Crippen LogP contribution >= 0.6 is 0 Å². The topological polar surface area (TPSA) is 75.7 Å². The monoisotopic (exact) mass is 426 g/mol. The van der Waals surface area contributed by atoms with Crippen LogP contribution in [0.4, 0.5) is 5.69 Å². The summed E-state index contributed by atoms with van der Waals surface area (Å²) in [5.74, 6) is -0.195. The molecule has 0 saturated carbocycles. The predicted molar refractivity (Wildman–Crippen MR) is 117 cm³/mol. The van der Waals surface area contributed by atoms with Crippen molar-refractivity contribution >= 4 is 27.7 Å². The van der Waals surface area contributed by atoms with Gasteiger partial charge in [-0.1, -0.05) is 24.3 Å². The Morgan fingerprint density at radius 1 is 1.00 bits per heavy atom. The fourth-order valence-corrected chi connectivity index (χ4v) is 5.34. The average molecular weight is 427 g/mol. The lowest BCUT2D eigenvalue weighted by Crippen LogP contribution is -2.40. The first-order chi connectivity index (χ1) is 14.5. The zero-order valence-corrected chi connectivity index (χ0v) is 17.7. The quantitative estimate of drug-likeness (QED) is 0.745. The van der Waals surface area contributed by atoms with Crippen LogP contribution in [0.2, 0.25) is 0 Å². The van der Waals surface area contributed by atoms with E-state index in [2.05, 4.69) is 11.4 Å². The van der Waals surface area contributed by atoms with Crippen LogP contribution in [-0.2, 0) is 32.4 Å². The molecule has 0 aromatic heterocycles. The van der Waals surface area contributed by atoms with Crippen molar-refractivity contribution in [2.45, 2.75) is 30.6 Å². The highest BCUT2D eigenvalue weighted by Gasteiger charge is 2.26. The molecule has 1 heterocycles. The van der Waals surface area contributed by atoms with Gasteiger partial charge in [-0.15, -0.1) is 0 Å². The number of morpholine rings is 1. The third-order valence-corrected chi connectivity index (χ3v) is 7.48. The van der Waals surface area contributed by atoms with Gasteiger partial charge in [0.2, 0.25) is 15.9 Å². The van der Waals surface area contributed by atoms with Gasteiger partial charge in [-0.2, -0.15) is 4.31 Å². The van der Waals surface area contributed by atoms with Gasteiger partial charge in [0.15, 0.2) is 0 Å². The van der Waals surface area contributed by atoms with Crippen LogP contribution < -0.4 is 5.32 Å². The molecule has 30 heavy (non-hydrogen) atoms. The Morgan fingerprint density at radius 2 is 1.73 bits per heavy atom. The van der Waals surface area contributed by atoms with Crippen molar-refractivity contribution in [3.63, 3.8) is 0 Å². The summed E-state index contributed by atoms with van der Waals surface area (Å²) in [4.78, 5) is 12.6. The first kappa shape index (κ1) is 20.8. The Labute approximate surface area is 177 Å². The summed E-state index contributed by atoms with van der Waals surface area (Å²) in [6.45, 7) is 1.57. The zero-order valence-electron chi connectivity index (χ0n) is 16.8. The van der Waals surface area contributed by atoms with Gasteiger partial charge in [0.25, 0.3) is 0 Å². The molecular weight excluding hydrogens is 400 g/mol. The van der Waals surface area contributed by atoms with Gasteiger partial charge in [0.05, 0.1) is 18.1 Å². The molecule has 1 amide bonds. The Balaban J connectivity index is 1.41. The highest BCUT2D eigenvalue weighted by atomic mass is 32.2. The van der Waals surface area contributed by atoms with E-state index in [1.807, 2.05) is 12.1 Å². The van der Waals surface area contributed by atoms with E-state index in [9.17, 15) is 13.2 Å². The minimum Gasteiger partial charge on any atom is -0.379 e. The molecule has 0 radical (unpaired) electrons. The van der Waals surface area contributed by atoms with Crippen molar-refractivity contribution in [2.75, 3.05) is 31.6 Å². The lowest BCUT2D eigenvalue weighted by atomic mass is 9.90. The number of sulfonamides is 1. The number of hydrogen-bond donors (Lipinski definition) is 1. The second-order valence-electron chi connectivity index (χ2n) is 7.56. The SMILES string of the molecule is O=C(/C=C/c1ccc(S(=O)(=O)N2CCOCC2)cc1)Nc1cccc2c1CCCC2. The minimum atomic E-state index is -3.51. The molecule has 7 heteroatoms. The maximum Gasteiger partial charge on any atom is 0.248 e. The van der Waals surface area contributed by atoms with E-state index in [1.54, 1.807) is 30.3 Å². The zero-order chi connectivity index (χ0) is 21.0. The molecule has 0 unspecified atom stereocenters. The van der Waals surface area contributed by atoms with E-state index in [0.717, 1.165) is 30.5 Å². The number of anilines is 1. The largest absolute Gasteiger partial charge is 0.379 e. The van der Waals surface area contributed by atoms with Crippen LogP contribution in [0.15, 0.2) is 53.4 Å². The third-order valence-electron chi connectivity index (χ3n) is 5.57. The van der Waals surface area contributed by atoms with Gasteiger partial charge >= 0.3 is 0 Å². The van der Waals surface area contributed by atoms with Gasteiger partial charge in [-0.3, -0.25) is 4.79 Å². The summed E-state index contributed by atoms with van der Waals surface area (Å²) in [6, 6.07) is 12.6. The van der Waals surface area contributed by atoms with Crippen molar-refractivity contribution in [3.05, 3.63) is 65.2 Å². The number of fused-ring (bicyclic) bond motifs is 1. The van der Waals surface area contributed by atoms with Crippen LogP contribution in [0.25, 0.3) is 6.08 Å². The summed E-state index contributed by atoms with van der Waals surface area (Å²) < 4.78 is 32.0. The van der Waals surface area contributed by atoms with Crippen LogP contribution in [0.3, 0.4) is 0 Å². The molecule has 0 bridgehead atoms. The molecule has 0 spiro atoms. The molecule has 158 valence electrons. The van der Waals surface area contributed by atoms with Crippen molar-refractivity contribution < 1.29 is 17.9 Å². The lowest BCUT2D eigenvalue weighted by Gasteiger charge is -2.26. The number of ether oxygens (including phenoxy) is 1. The molecule has 1 aliphatic carbocycles. The third kappa shape index (κ3) is 4.64. The standard InChI is InChI=1S/C23H26N2O4S/c26-23(24-22-7-3-5-19-4-1-2-6-21(19)22)13-10-18-8-11-20(12-9-18)30(27,28)25-14-16-29-17-15-25/h3,5,7-13H,1-2,4,6,14-17H2,(H,24,26)/b13-10+. The second kappa shape index (κ2) is 9.12. The molecule has 1 aliphatic heterocycles. The molecule has 4 rings (SSSR count).